The molecule has 1 atom stereocenters. The van der Waals surface area contributed by atoms with Gasteiger partial charge in [-0.05, 0) is 68.2 Å². The molecule has 1 aliphatic heterocycles. The monoisotopic (exact) mass is 373 g/mol. The highest BCUT2D eigenvalue weighted by Crippen LogP contribution is 2.13. The summed E-state index contributed by atoms with van der Waals surface area (Å²) in [6.45, 7) is 2.82. The molecule has 1 heterocycles. The zero-order chi connectivity index (χ0) is 17.5. The highest BCUT2D eigenvalue weighted by molar-refractivity contribution is 6.04. The van der Waals surface area contributed by atoms with Crippen molar-refractivity contribution in [2.45, 2.75) is 12.8 Å². The number of carbonyl (C=O) groups excluding carboxylic acids is 2. The lowest BCUT2D eigenvalue weighted by atomic mass is 10.1. The number of anilines is 1. The largest absolute Gasteiger partial charge is 0.352 e. The van der Waals surface area contributed by atoms with Gasteiger partial charge in [-0.2, -0.15) is 0 Å². The predicted molar refractivity (Wildman–Crippen MR) is 106 cm³/mol. The molecule has 3 N–H and O–H groups in total. The second kappa shape index (κ2) is 9.94. The summed E-state index contributed by atoms with van der Waals surface area (Å²) in [6, 6.07) is 16.0. The standard InChI is InChI=1S/C20H23N3O2.ClH/c24-19(22-13-11-15-10-12-21-14-15)17-6-8-18(9-7-17)23-20(25)16-4-2-1-3-5-16;/h1-9,15,21H,10-14H2,(H,22,24)(H,23,25);1H. The third kappa shape index (κ3) is 5.58. The fourth-order valence-electron chi connectivity index (χ4n) is 2.95. The van der Waals surface area contributed by atoms with Crippen LogP contribution in [0.5, 0.6) is 0 Å². The van der Waals surface area contributed by atoms with Crippen LogP contribution in [-0.2, 0) is 0 Å². The maximum Gasteiger partial charge on any atom is 0.255 e. The van der Waals surface area contributed by atoms with E-state index in [1.807, 2.05) is 18.2 Å². The Morgan fingerprint density at radius 2 is 1.65 bits per heavy atom. The number of rotatable bonds is 6. The Labute approximate surface area is 160 Å². The Morgan fingerprint density at radius 3 is 2.31 bits per heavy atom. The number of hydrogen-bond acceptors (Lipinski definition) is 3. The van der Waals surface area contributed by atoms with Crippen molar-refractivity contribution in [3.05, 3.63) is 65.7 Å². The molecule has 1 aliphatic rings. The summed E-state index contributed by atoms with van der Waals surface area (Å²) in [5.74, 6) is 0.422. The lowest BCUT2D eigenvalue weighted by molar-refractivity contribution is 0.0951. The molecule has 0 spiro atoms. The van der Waals surface area contributed by atoms with Crippen LogP contribution in [-0.4, -0.2) is 31.4 Å². The smallest absolute Gasteiger partial charge is 0.255 e. The van der Waals surface area contributed by atoms with Gasteiger partial charge >= 0.3 is 0 Å². The van der Waals surface area contributed by atoms with E-state index in [1.165, 1.54) is 6.42 Å². The number of carbonyl (C=O) groups is 2. The number of hydrogen-bond donors (Lipinski definition) is 3. The maximum absolute atomic E-state index is 12.2. The van der Waals surface area contributed by atoms with E-state index < -0.39 is 0 Å². The molecule has 1 saturated heterocycles. The summed E-state index contributed by atoms with van der Waals surface area (Å²) in [7, 11) is 0. The van der Waals surface area contributed by atoms with Crippen molar-refractivity contribution in [1.82, 2.24) is 10.6 Å². The molecule has 2 aromatic carbocycles. The third-order valence-electron chi connectivity index (χ3n) is 4.44. The molecule has 0 radical (unpaired) electrons. The van der Waals surface area contributed by atoms with Crippen molar-refractivity contribution < 1.29 is 9.59 Å². The molecule has 0 bridgehead atoms. The fourth-order valence-corrected chi connectivity index (χ4v) is 2.95. The SMILES string of the molecule is Cl.O=C(NCCC1CCNC1)c1ccc(NC(=O)c2ccccc2)cc1. The molecular weight excluding hydrogens is 350 g/mol. The van der Waals surface area contributed by atoms with Crippen LogP contribution < -0.4 is 16.0 Å². The van der Waals surface area contributed by atoms with E-state index >= 15 is 0 Å². The molecule has 138 valence electrons. The van der Waals surface area contributed by atoms with Crippen molar-refractivity contribution >= 4 is 29.9 Å². The lowest BCUT2D eigenvalue weighted by Crippen LogP contribution is -2.26. The summed E-state index contributed by atoms with van der Waals surface area (Å²) in [5.41, 5.74) is 1.87. The van der Waals surface area contributed by atoms with Gasteiger partial charge in [0.1, 0.15) is 0 Å². The number of nitrogens with one attached hydrogen (secondary N) is 3. The second-order valence-corrected chi connectivity index (χ2v) is 6.30. The van der Waals surface area contributed by atoms with Crippen LogP contribution in [0.4, 0.5) is 5.69 Å². The van der Waals surface area contributed by atoms with Gasteiger partial charge in [-0.15, -0.1) is 12.4 Å². The van der Waals surface area contributed by atoms with Crippen LogP contribution in [0.3, 0.4) is 0 Å². The van der Waals surface area contributed by atoms with Gasteiger partial charge in [-0.3, -0.25) is 9.59 Å². The van der Waals surface area contributed by atoms with Gasteiger partial charge in [0.2, 0.25) is 0 Å². The Balaban J connectivity index is 0.00000243. The van der Waals surface area contributed by atoms with Gasteiger partial charge in [-0.1, -0.05) is 18.2 Å². The van der Waals surface area contributed by atoms with E-state index in [1.54, 1.807) is 36.4 Å². The van der Waals surface area contributed by atoms with Crippen molar-refractivity contribution in [2.75, 3.05) is 25.0 Å². The second-order valence-electron chi connectivity index (χ2n) is 6.30. The number of benzene rings is 2. The summed E-state index contributed by atoms with van der Waals surface area (Å²) in [5, 5.41) is 9.11. The van der Waals surface area contributed by atoms with Gasteiger partial charge in [0.25, 0.3) is 11.8 Å². The summed E-state index contributed by atoms with van der Waals surface area (Å²) in [6.07, 6.45) is 2.19. The quantitative estimate of drug-likeness (QED) is 0.728. The summed E-state index contributed by atoms with van der Waals surface area (Å²) < 4.78 is 0. The molecule has 0 saturated carbocycles. The molecule has 2 aromatic rings. The summed E-state index contributed by atoms with van der Waals surface area (Å²) >= 11 is 0. The van der Waals surface area contributed by atoms with Crippen LogP contribution in [0.25, 0.3) is 0 Å². The minimum absolute atomic E-state index is 0. The van der Waals surface area contributed by atoms with Gasteiger partial charge < -0.3 is 16.0 Å². The normalized spacial score (nSPS) is 15.8. The van der Waals surface area contributed by atoms with Gasteiger partial charge in [0.15, 0.2) is 0 Å². The molecule has 0 aromatic heterocycles. The van der Waals surface area contributed by atoms with Gasteiger partial charge in [0, 0.05) is 23.4 Å². The first-order valence-corrected chi connectivity index (χ1v) is 8.68. The topological polar surface area (TPSA) is 70.2 Å². The van der Waals surface area contributed by atoms with E-state index in [0.717, 1.165) is 19.5 Å². The molecule has 26 heavy (non-hydrogen) atoms. The van der Waals surface area contributed by atoms with E-state index in [-0.39, 0.29) is 24.2 Å². The van der Waals surface area contributed by atoms with E-state index in [0.29, 0.717) is 29.3 Å². The molecule has 3 rings (SSSR count). The first-order chi connectivity index (χ1) is 12.2. The Kier molecular flexibility index (Phi) is 7.63. The molecule has 1 fully saturated rings. The molecular formula is C20H24ClN3O2. The number of halogens is 1. The van der Waals surface area contributed by atoms with E-state index in [9.17, 15) is 9.59 Å². The van der Waals surface area contributed by atoms with Crippen LogP contribution in [0.15, 0.2) is 54.6 Å². The van der Waals surface area contributed by atoms with Crippen molar-refractivity contribution in [3.63, 3.8) is 0 Å². The Morgan fingerprint density at radius 1 is 0.962 bits per heavy atom. The first kappa shape index (κ1) is 19.9. The average Bonchev–Trinajstić information content (AvgIpc) is 3.16. The van der Waals surface area contributed by atoms with Gasteiger partial charge in [-0.25, -0.2) is 0 Å². The van der Waals surface area contributed by atoms with Gasteiger partial charge in [0.05, 0.1) is 0 Å². The lowest BCUT2D eigenvalue weighted by Gasteiger charge is -2.10. The predicted octanol–water partition coefficient (Wildman–Crippen LogP) is 3.09. The minimum Gasteiger partial charge on any atom is -0.352 e. The van der Waals surface area contributed by atoms with Crippen molar-refractivity contribution in [2.24, 2.45) is 5.92 Å². The molecule has 5 nitrogen and oxygen atoms in total. The van der Waals surface area contributed by atoms with E-state index in [2.05, 4.69) is 16.0 Å². The zero-order valence-electron chi connectivity index (χ0n) is 14.5. The summed E-state index contributed by atoms with van der Waals surface area (Å²) in [4.78, 5) is 24.3. The molecule has 6 heteroatoms. The van der Waals surface area contributed by atoms with E-state index in [4.69, 9.17) is 0 Å². The minimum atomic E-state index is -0.164. The fraction of sp³-hybridized carbons (Fsp3) is 0.300. The maximum atomic E-state index is 12.2. The third-order valence-corrected chi connectivity index (χ3v) is 4.44. The molecule has 1 unspecified atom stereocenters. The van der Waals surface area contributed by atoms with Crippen LogP contribution in [0, 0.1) is 5.92 Å². The van der Waals surface area contributed by atoms with Crippen LogP contribution in [0.2, 0.25) is 0 Å². The highest BCUT2D eigenvalue weighted by Gasteiger charge is 2.14. The number of amides is 2. The highest BCUT2D eigenvalue weighted by atomic mass is 35.5. The van der Waals surface area contributed by atoms with Crippen LogP contribution >= 0.6 is 12.4 Å². The first-order valence-electron chi connectivity index (χ1n) is 8.68. The molecule has 2 amide bonds. The Hall–Kier alpha value is -2.37. The molecule has 0 aliphatic carbocycles. The average molecular weight is 374 g/mol. The zero-order valence-corrected chi connectivity index (χ0v) is 15.4. The van der Waals surface area contributed by atoms with Crippen molar-refractivity contribution in [1.29, 1.82) is 0 Å². The van der Waals surface area contributed by atoms with Crippen LogP contribution in [0.1, 0.15) is 33.6 Å². The van der Waals surface area contributed by atoms with Crippen molar-refractivity contribution in [3.8, 4) is 0 Å². The Bertz CT molecular complexity index is 714.